The molecule has 2 aromatic rings. The van der Waals surface area contributed by atoms with Gasteiger partial charge in [0, 0.05) is 12.1 Å². The Kier molecular flexibility index (Phi) is 3.73. The normalized spacial score (nSPS) is 10.3. The third-order valence-electron chi connectivity index (χ3n) is 2.17. The number of benzene rings is 1. The van der Waals surface area contributed by atoms with Crippen molar-refractivity contribution in [2.75, 3.05) is 6.61 Å². The van der Waals surface area contributed by atoms with Gasteiger partial charge in [-0.25, -0.2) is 9.67 Å². The molecule has 0 aliphatic carbocycles. The number of hydrogen-bond acceptors (Lipinski definition) is 5. The SMILES string of the molecule is O=[N+]([O-])c1ccc(OCCn2cncn2)c(Cl)c1. The molecule has 0 aliphatic heterocycles. The number of rotatable bonds is 5. The molecular formula is C10H9ClN4O3. The monoisotopic (exact) mass is 268 g/mol. The number of aromatic nitrogens is 3. The van der Waals surface area contributed by atoms with Crippen LogP contribution in [0.15, 0.2) is 30.9 Å². The number of nitrogens with zero attached hydrogens (tertiary/aromatic N) is 4. The molecule has 1 aromatic heterocycles. The third kappa shape index (κ3) is 2.95. The molecule has 0 aliphatic rings. The van der Waals surface area contributed by atoms with Crippen LogP contribution in [0.1, 0.15) is 0 Å². The summed E-state index contributed by atoms with van der Waals surface area (Å²) in [4.78, 5) is 13.8. The summed E-state index contributed by atoms with van der Waals surface area (Å²) >= 11 is 5.87. The van der Waals surface area contributed by atoms with E-state index in [9.17, 15) is 10.1 Å². The summed E-state index contributed by atoms with van der Waals surface area (Å²) in [6.07, 6.45) is 3.00. The number of nitro benzene ring substituents is 1. The van der Waals surface area contributed by atoms with Gasteiger partial charge >= 0.3 is 0 Å². The van der Waals surface area contributed by atoms with E-state index in [1.165, 1.54) is 24.5 Å². The highest BCUT2D eigenvalue weighted by Crippen LogP contribution is 2.28. The van der Waals surface area contributed by atoms with Crippen LogP contribution in [-0.2, 0) is 6.54 Å². The van der Waals surface area contributed by atoms with Gasteiger partial charge in [0.15, 0.2) is 0 Å². The fraction of sp³-hybridized carbons (Fsp3) is 0.200. The molecule has 0 unspecified atom stereocenters. The first-order valence-corrected chi connectivity index (χ1v) is 5.44. The summed E-state index contributed by atoms with van der Waals surface area (Å²) in [6, 6.07) is 4.07. The Balaban J connectivity index is 1.95. The Labute approximate surface area is 107 Å². The first-order chi connectivity index (χ1) is 8.66. The zero-order chi connectivity index (χ0) is 13.0. The molecule has 18 heavy (non-hydrogen) atoms. The van der Waals surface area contributed by atoms with E-state index in [-0.39, 0.29) is 10.7 Å². The molecule has 0 saturated carbocycles. The van der Waals surface area contributed by atoms with Crippen molar-refractivity contribution in [3.8, 4) is 5.75 Å². The highest BCUT2D eigenvalue weighted by Gasteiger charge is 2.10. The van der Waals surface area contributed by atoms with Crippen LogP contribution in [0.25, 0.3) is 0 Å². The van der Waals surface area contributed by atoms with E-state index in [0.717, 1.165) is 0 Å². The summed E-state index contributed by atoms with van der Waals surface area (Å²) in [5, 5.41) is 14.6. The van der Waals surface area contributed by atoms with Gasteiger partial charge < -0.3 is 4.74 Å². The third-order valence-corrected chi connectivity index (χ3v) is 2.47. The van der Waals surface area contributed by atoms with E-state index >= 15 is 0 Å². The molecule has 94 valence electrons. The van der Waals surface area contributed by atoms with Gasteiger partial charge in [-0.2, -0.15) is 5.10 Å². The van der Waals surface area contributed by atoms with Crippen LogP contribution in [0.5, 0.6) is 5.75 Å². The Morgan fingerprint density at radius 1 is 1.50 bits per heavy atom. The summed E-state index contributed by atoms with van der Waals surface area (Å²) < 4.78 is 7.01. The molecule has 7 nitrogen and oxygen atoms in total. The van der Waals surface area contributed by atoms with Gasteiger partial charge in [0.1, 0.15) is 25.0 Å². The van der Waals surface area contributed by atoms with Crippen molar-refractivity contribution < 1.29 is 9.66 Å². The Bertz CT molecular complexity index is 544. The van der Waals surface area contributed by atoms with Gasteiger partial charge in [-0.05, 0) is 6.07 Å². The summed E-state index contributed by atoms with van der Waals surface area (Å²) in [7, 11) is 0. The van der Waals surface area contributed by atoms with E-state index in [2.05, 4.69) is 10.1 Å². The smallest absolute Gasteiger partial charge is 0.271 e. The van der Waals surface area contributed by atoms with Crippen LogP contribution in [0.2, 0.25) is 5.02 Å². The number of non-ortho nitro benzene ring substituents is 1. The Hall–Kier alpha value is -2.15. The first-order valence-electron chi connectivity index (χ1n) is 5.06. The summed E-state index contributed by atoms with van der Waals surface area (Å²) in [5.74, 6) is 0.405. The number of hydrogen-bond donors (Lipinski definition) is 0. The zero-order valence-corrected chi connectivity index (χ0v) is 9.95. The molecule has 1 heterocycles. The highest BCUT2D eigenvalue weighted by atomic mass is 35.5. The van der Waals surface area contributed by atoms with Gasteiger partial charge in [-0.15, -0.1) is 0 Å². The molecule has 0 radical (unpaired) electrons. The lowest BCUT2D eigenvalue weighted by molar-refractivity contribution is -0.384. The lowest BCUT2D eigenvalue weighted by Crippen LogP contribution is -2.08. The van der Waals surface area contributed by atoms with Crippen molar-refractivity contribution in [2.45, 2.75) is 6.54 Å². The molecule has 8 heteroatoms. The standard InChI is InChI=1S/C10H9ClN4O3/c11-9-5-8(15(16)17)1-2-10(9)18-4-3-14-7-12-6-13-14/h1-2,5-7H,3-4H2. The Morgan fingerprint density at radius 2 is 2.33 bits per heavy atom. The van der Waals surface area contributed by atoms with E-state index < -0.39 is 4.92 Å². The lowest BCUT2D eigenvalue weighted by Gasteiger charge is -2.07. The molecule has 0 spiro atoms. The maximum absolute atomic E-state index is 10.5. The quantitative estimate of drug-likeness (QED) is 0.611. The van der Waals surface area contributed by atoms with Gasteiger partial charge in [0.05, 0.1) is 16.5 Å². The van der Waals surface area contributed by atoms with Crippen molar-refractivity contribution in [1.29, 1.82) is 0 Å². The van der Waals surface area contributed by atoms with E-state index in [1.807, 2.05) is 0 Å². The number of halogens is 1. The van der Waals surface area contributed by atoms with Gasteiger partial charge in [0.2, 0.25) is 0 Å². The predicted molar refractivity (Wildman–Crippen MR) is 63.6 cm³/mol. The zero-order valence-electron chi connectivity index (χ0n) is 9.19. The molecule has 1 aromatic carbocycles. The van der Waals surface area contributed by atoms with E-state index in [1.54, 1.807) is 11.0 Å². The molecule has 0 N–H and O–H groups in total. The molecule has 0 amide bonds. The largest absolute Gasteiger partial charge is 0.490 e. The maximum atomic E-state index is 10.5. The van der Waals surface area contributed by atoms with Crippen LogP contribution in [-0.4, -0.2) is 26.3 Å². The van der Waals surface area contributed by atoms with Crippen LogP contribution >= 0.6 is 11.6 Å². The van der Waals surface area contributed by atoms with E-state index in [0.29, 0.717) is 18.9 Å². The van der Waals surface area contributed by atoms with Gasteiger partial charge in [-0.1, -0.05) is 11.6 Å². The number of ether oxygens (including phenoxy) is 1. The average Bonchev–Trinajstić information content (AvgIpc) is 2.84. The maximum Gasteiger partial charge on any atom is 0.271 e. The van der Waals surface area contributed by atoms with Crippen molar-refractivity contribution in [1.82, 2.24) is 14.8 Å². The minimum atomic E-state index is -0.509. The van der Waals surface area contributed by atoms with Crippen molar-refractivity contribution in [2.24, 2.45) is 0 Å². The summed E-state index contributed by atoms with van der Waals surface area (Å²) in [5.41, 5.74) is -0.0661. The minimum absolute atomic E-state index is 0.0661. The second-order valence-electron chi connectivity index (χ2n) is 3.38. The van der Waals surface area contributed by atoms with Gasteiger partial charge in [0.25, 0.3) is 5.69 Å². The number of nitro groups is 1. The molecular weight excluding hydrogens is 260 g/mol. The Morgan fingerprint density at radius 3 is 2.94 bits per heavy atom. The van der Waals surface area contributed by atoms with Gasteiger partial charge in [-0.3, -0.25) is 10.1 Å². The second-order valence-corrected chi connectivity index (χ2v) is 3.79. The summed E-state index contributed by atoms with van der Waals surface area (Å²) in [6.45, 7) is 0.869. The highest BCUT2D eigenvalue weighted by molar-refractivity contribution is 6.32. The molecule has 0 bridgehead atoms. The molecule has 0 fully saturated rings. The minimum Gasteiger partial charge on any atom is -0.490 e. The van der Waals surface area contributed by atoms with Crippen LogP contribution in [0, 0.1) is 10.1 Å². The molecule has 2 rings (SSSR count). The van der Waals surface area contributed by atoms with Crippen LogP contribution < -0.4 is 4.74 Å². The molecule has 0 saturated heterocycles. The molecule has 0 atom stereocenters. The average molecular weight is 269 g/mol. The second kappa shape index (κ2) is 5.46. The van der Waals surface area contributed by atoms with Crippen molar-refractivity contribution in [3.63, 3.8) is 0 Å². The topological polar surface area (TPSA) is 83.1 Å². The van der Waals surface area contributed by atoms with Crippen molar-refractivity contribution >= 4 is 17.3 Å². The first kappa shape index (κ1) is 12.3. The predicted octanol–water partition coefficient (Wildman–Crippen LogP) is 1.92. The van der Waals surface area contributed by atoms with Crippen LogP contribution in [0.4, 0.5) is 5.69 Å². The van der Waals surface area contributed by atoms with Crippen LogP contribution in [0.3, 0.4) is 0 Å². The lowest BCUT2D eigenvalue weighted by atomic mass is 10.3. The van der Waals surface area contributed by atoms with E-state index in [4.69, 9.17) is 16.3 Å². The van der Waals surface area contributed by atoms with Crippen molar-refractivity contribution in [3.05, 3.63) is 46.0 Å². The fourth-order valence-electron chi connectivity index (χ4n) is 1.32. The fourth-order valence-corrected chi connectivity index (χ4v) is 1.55.